The molecule has 0 atom stereocenters. The highest BCUT2D eigenvalue weighted by Crippen LogP contribution is 2.20. The zero-order chi connectivity index (χ0) is 31.1. The third-order valence-electron chi connectivity index (χ3n) is 4.63. The van der Waals surface area contributed by atoms with Crippen LogP contribution < -0.4 is 16.6 Å². The molecule has 0 spiro atoms. The van der Waals surface area contributed by atoms with Crippen LogP contribution in [-0.2, 0) is 16.2 Å². The standard InChI is InChI=1S/C9H15N3O2.C8H13N3O2.C7H12N4O2/c1-9(2,3)8-10-6(14-11-8)7(13)12(4)5;1-8(2,3)7-10-6(13-11-7)5(12)9-4;1-7(2,3)6-9-5(13-11-6)4(12)10-8/h1-5H3;1-4H3,(H,9,12);8H2,1-3H3,(H,10,12). The van der Waals surface area contributed by atoms with Crippen LogP contribution in [0, 0.1) is 0 Å². The first-order valence-electron chi connectivity index (χ1n) is 12.2. The SMILES string of the molecule is CC(C)(C)c1noc(C(=O)NN)n1.CN(C)C(=O)c1nc(C(C)(C)C)no1.CNC(=O)c1nc(C(C)(C)C)no1. The Balaban J connectivity index is 0.000000300. The van der Waals surface area contributed by atoms with Gasteiger partial charge in [-0.2, -0.15) is 15.0 Å². The van der Waals surface area contributed by atoms with E-state index >= 15 is 0 Å². The molecule has 3 amide bonds. The molecule has 0 aliphatic heterocycles. The van der Waals surface area contributed by atoms with Gasteiger partial charge in [-0.1, -0.05) is 77.8 Å². The number of amides is 3. The molecule has 16 heteroatoms. The summed E-state index contributed by atoms with van der Waals surface area (Å²) in [5.41, 5.74) is 1.27. The molecule has 0 unspecified atom stereocenters. The average Bonchev–Trinajstić information content (AvgIpc) is 3.61. The van der Waals surface area contributed by atoms with Gasteiger partial charge in [-0.25, -0.2) is 5.84 Å². The fourth-order valence-corrected chi connectivity index (χ4v) is 2.22. The molecule has 0 fully saturated rings. The van der Waals surface area contributed by atoms with Crippen molar-refractivity contribution >= 4 is 17.7 Å². The van der Waals surface area contributed by atoms with Crippen LogP contribution in [-0.4, -0.2) is 74.2 Å². The molecule has 16 nitrogen and oxygen atoms in total. The monoisotopic (exact) mass is 564 g/mol. The summed E-state index contributed by atoms with van der Waals surface area (Å²) in [6.07, 6.45) is 0. The lowest BCUT2D eigenvalue weighted by Gasteiger charge is -2.11. The van der Waals surface area contributed by atoms with E-state index in [2.05, 4.69) is 35.7 Å². The van der Waals surface area contributed by atoms with Gasteiger partial charge in [0.2, 0.25) is 0 Å². The first-order chi connectivity index (χ1) is 18.2. The van der Waals surface area contributed by atoms with Crippen molar-refractivity contribution in [3.8, 4) is 0 Å². The van der Waals surface area contributed by atoms with Crippen molar-refractivity contribution in [2.45, 2.75) is 78.6 Å². The van der Waals surface area contributed by atoms with E-state index in [1.807, 2.05) is 67.7 Å². The van der Waals surface area contributed by atoms with Crippen LogP contribution >= 0.6 is 0 Å². The largest absolute Gasteiger partial charge is 0.351 e. The fourth-order valence-electron chi connectivity index (χ4n) is 2.22. The van der Waals surface area contributed by atoms with Crippen molar-refractivity contribution in [3.63, 3.8) is 0 Å². The average molecular weight is 565 g/mol. The molecule has 3 aromatic rings. The number of carbonyl (C=O) groups excluding carboxylic acids is 3. The maximum absolute atomic E-state index is 11.4. The smallest absolute Gasteiger partial charge is 0.323 e. The topological polar surface area (TPSA) is 221 Å². The first kappa shape index (κ1) is 33.8. The van der Waals surface area contributed by atoms with Crippen molar-refractivity contribution in [2.24, 2.45) is 5.84 Å². The lowest BCUT2D eigenvalue weighted by atomic mass is 9.96. The minimum Gasteiger partial charge on any atom is -0.351 e. The maximum atomic E-state index is 11.4. The van der Waals surface area contributed by atoms with Gasteiger partial charge in [0, 0.05) is 37.4 Å². The lowest BCUT2D eigenvalue weighted by molar-refractivity contribution is 0.0778. The zero-order valence-electron chi connectivity index (χ0n) is 25.2. The molecule has 0 bridgehead atoms. The summed E-state index contributed by atoms with van der Waals surface area (Å²) in [6, 6.07) is 0. The van der Waals surface area contributed by atoms with Crippen molar-refractivity contribution in [3.05, 3.63) is 35.1 Å². The van der Waals surface area contributed by atoms with Gasteiger partial charge < -0.3 is 23.8 Å². The van der Waals surface area contributed by atoms with Crippen LogP contribution in [0.4, 0.5) is 0 Å². The van der Waals surface area contributed by atoms with E-state index in [0.29, 0.717) is 17.5 Å². The molecule has 3 rings (SSSR count). The van der Waals surface area contributed by atoms with Gasteiger partial charge in [0.15, 0.2) is 17.5 Å². The van der Waals surface area contributed by atoms with Crippen LogP contribution in [0.15, 0.2) is 13.6 Å². The van der Waals surface area contributed by atoms with Crippen LogP contribution in [0.25, 0.3) is 0 Å². The molecule has 0 saturated heterocycles. The second kappa shape index (κ2) is 13.2. The summed E-state index contributed by atoms with van der Waals surface area (Å²) in [4.78, 5) is 46.7. The first-order valence-corrected chi connectivity index (χ1v) is 12.2. The molecular formula is C24H40N10O6. The van der Waals surface area contributed by atoms with Crippen molar-refractivity contribution in [1.82, 2.24) is 46.1 Å². The van der Waals surface area contributed by atoms with E-state index in [-0.39, 0.29) is 45.7 Å². The minimum absolute atomic E-state index is 0.00687. The highest BCUT2D eigenvalue weighted by atomic mass is 16.5. The Morgan fingerprint density at radius 2 is 0.975 bits per heavy atom. The number of nitrogens with two attached hydrogens (primary N) is 1. The van der Waals surface area contributed by atoms with E-state index < -0.39 is 5.91 Å². The number of nitrogens with zero attached hydrogens (tertiary/aromatic N) is 7. The van der Waals surface area contributed by atoms with Gasteiger partial charge >= 0.3 is 35.4 Å². The molecule has 222 valence electrons. The third kappa shape index (κ3) is 9.83. The second-order valence-corrected chi connectivity index (χ2v) is 11.8. The molecule has 0 radical (unpaired) electrons. The van der Waals surface area contributed by atoms with Gasteiger partial charge in [0.05, 0.1) is 0 Å². The molecule has 0 aromatic carbocycles. The highest BCUT2D eigenvalue weighted by Gasteiger charge is 2.25. The summed E-state index contributed by atoms with van der Waals surface area (Å²) in [5, 5.41) is 13.5. The molecule has 3 heterocycles. The quantitative estimate of drug-likeness (QED) is 0.235. The van der Waals surface area contributed by atoms with Gasteiger partial charge in [-0.15, -0.1) is 0 Å². The molecular weight excluding hydrogens is 524 g/mol. The number of aromatic nitrogens is 6. The predicted octanol–water partition coefficient (Wildman–Crippen LogP) is 1.77. The van der Waals surface area contributed by atoms with E-state index in [0.717, 1.165) is 0 Å². The summed E-state index contributed by atoms with van der Waals surface area (Å²) in [7, 11) is 4.80. The van der Waals surface area contributed by atoms with Gasteiger partial charge in [0.25, 0.3) is 0 Å². The van der Waals surface area contributed by atoms with Crippen molar-refractivity contribution < 1.29 is 28.0 Å². The Labute approximate surface area is 232 Å². The second-order valence-electron chi connectivity index (χ2n) is 11.8. The Bertz CT molecular complexity index is 1210. The minimum atomic E-state index is -0.581. The Hall–Kier alpha value is -4.21. The van der Waals surface area contributed by atoms with Crippen molar-refractivity contribution in [1.29, 1.82) is 0 Å². The van der Waals surface area contributed by atoms with E-state index in [9.17, 15) is 14.4 Å². The van der Waals surface area contributed by atoms with Crippen LogP contribution in [0.5, 0.6) is 0 Å². The van der Waals surface area contributed by atoms with Gasteiger partial charge in [0.1, 0.15) is 0 Å². The number of hydrogen-bond acceptors (Lipinski definition) is 13. The molecule has 40 heavy (non-hydrogen) atoms. The third-order valence-corrected chi connectivity index (χ3v) is 4.63. The summed E-state index contributed by atoms with van der Waals surface area (Å²) in [5.74, 6) is 5.17. The van der Waals surface area contributed by atoms with Crippen LogP contribution in [0.3, 0.4) is 0 Å². The number of hydrazine groups is 1. The number of carbonyl (C=O) groups is 3. The molecule has 3 aromatic heterocycles. The number of hydrogen-bond donors (Lipinski definition) is 3. The molecule has 0 aliphatic carbocycles. The van der Waals surface area contributed by atoms with Crippen molar-refractivity contribution in [2.75, 3.05) is 21.1 Å². The molecule has 0 aliphatic rings. The Morgan fingerprint density at radius 1 is 0.650 bits per heavy atom. The highest BCUT2D eigenvalue weighted by molar-refractivity contribution is 5.89. The molecule has 4 N–H and O–H groups in total. The van der Waals surface area contributed by atoms with E-state index in [4.69, 9.17) is 19.4 Å². The normalized spacial score (nSPS) is 11.4. The lowest BCUT2D eigenvalue weighted by Crippen LogP contribution is -2.30. The zero-order valence-corrected chi connectivity index (χ0v) is 25.2. The van der Waals surface area contributed by atoms with E-state index in [1.165, 1.54) is 11.9 Å². The van der Waals surface area contributed by atoms with Crippen LogP contribution in [0.2, 0.25) is 0 Å². The van der Waals surface area contributed by atoms with Gasteiger partial charge in [-0.3, -0.25) is 19.8 Å². The van der Waals surface area contributed by atoms with E-state index in [1.54, 1.807) is 14.1 Å². The van der Waals surface area contributed by atoms with Crippen LogP contribution in [0.1, 0.15) is 112 Å². The predicted molar refractivity (Wildman–Crippen MR) is 142 cm³/mol. The fraction of sp³-hybridized carbons (Fsp3) is 0.625. The number of nitrogens with one attached hydrogen (secondary N) is 2. The Morgan fingerprint density at radius 3 is 1.25 bits per heavy atom. The summed E-state index contributed by atoms with van der Waals surface area (Å²) in [6.45, 7) is 17.5. The number of nitrogen functional groups attached to an aromatic ring is 1. The maximum Gasteiger partial charge on any atom is 0.323 e. The van der Waals surface area contributed by atoms with Gasteiger partial charge in [-0.05, 0) is 0 Å². The molecule has 0 saturated carbocycles. The summed E-state index contributed by atoms with van der Waals surface area (Å²) < 4.78 is 14.3. The number of rotatable bonds is 3. The Kier molecular flexibility index (Phi) is 11.2. The summed E-state index contributed by atoms with van der Waals surface area (Å²) >= 11 is 0.